The Hall–Kier alpha value is -1.21. The zero-order chi connectivity index (χ0) is 8.81. The van der Waals surface area contributed by atoms with E-state index in [-0.39, 0.29) is 5.78 Å². The minimum absolute atomic E-state index is 0.120. The second-order valence-electron chi connectivity index (χ2n) is 3.00. The van der Waals surface area contributed by atoms with E-state index in [2.05, 4.69) is 10.9 Å². The molecule has 0 radical (unpaired) electrons. The smallest absolute Gasteiger partial charge is 0.323 e. The maximum Gasteiger partial charge on any atom is 0.323 e. The first-order valence-corrected chi connectivity index (χ1v) is 4.21. The Morgan fingerprint density at radius 3 is 3.08 bits per heavy atom. The Balaban J connectivity index is 2.44. The third-order valence-corrected chi connectivity index (χ3v) is 1.99. The van der Waals surface area contributed by atoms with Crippen LogP contribution in [-0.2, 0) is 4.79 Å². The SMILES string of the molecule is [N-]=[N+]=CC(=O)CC1=CCCCC1. The molecule has 64 valence electrons. The van der Waals surface area contributed by atoms with E-state index in [1.807, 2.05) is 0 Å². The highest BCUT2D eigenvalue weighted by Crippen LogP contribution is 2.19. The number of hydrogen-bond acceptors (Lipinski definition) is 1. The second kappa shape index (κ2) is 4.62. The summed E-state index contributed by atoms with van der Waals surface area (Å²) in [5.41, 5.74) is 9.28. The topological polar surface area (TPSA) is 53.5 Å². The van der Waals surface area contributed by atoms with Crippen LogP contribution >= 0.6 is 0 Å². The largest absolute Gasteiger partial charge is 0.361 e. The lowest BCUT2D eigenvalue weighted by Gasteiger charge is -2.09. The van der Waals surface area contributed by atoms with E-state index in [9.17, 15) is 4.79 Å². The van der Waals surface area contributed by atoms with Crippen molar-refractivity contribution in [3.8, 4) is 0 Å². The summed E-state index contributed by atoms with van der Waals surface area (Å²) in [6.45, 7) is 0. The first-order valence-electron chi connectivity index (χ1n) is 4.21. The Labute approximate surface area is 71.7 Å². The van der Waals surface area contributed by atoms with Gasteiger partial charge in [0.25, 0.3) is 0 Å². The number of ketones is 1. The fourth-order valence-corrected chi connectivity index (χ4v) is 1.40. The molecular formula is C9H12N2O. The highest BCUT2D eigenvalue weighted by atomic mass is 16.1. The molecule has 3 nitrogen and oxygen atoms in total. The van der Waals surface area contributed by atoms with E-state index in [1.165, 1.54) is 18.4 Å². The van der Waals surface area contributed by atoms with Gasteiger partial charge in [-0.15, -0.1) is 0 Å². The van der Waals surface area contributed by atoms with Gasteiger partial charge in [0.1, 0.15) is 0 Å². The van der Waals surface area contributed by atoms with E-state index in [0.29, 0.717) is 6.42 Å². The molecule has 0 aromatic rings. The summed E-state index contributed by atoms with van der Waals surface area (Å²) in [6.07, 6.45) is 8.01. The lowest BCUT2D eigenvalue weighted by atomic mass is 9.96. The van der Waals surface area contributed by atoms with Crippen molar-refractivity contribution in [1.82, 2.24) is 0 Å². The predicted octanol–water partition coefficient (Wildman–Crippen LogP) is 1.75. The molecule has 0 spiro atoms. The van der Waals surface area contributed by atoms with Crippen molar-refractivity contribution in [2.75, 3.05) is 0 Å². The quantitative estimate of drug-likeness (QED) is 0.271. The normalized spacial score (nSPS) is 16.2. The molecule has 0 bridgehead atoms. The van der Waals surface area contributed by atoms with Crippen LogP contribution < -0.4 is 0 Å². The van der Waals surface area contributed by atoms with Gasteiger partial charge in [-0.25, -0.2) is 0 Å². The molecule has 1 aliphatic carbocycles. The highest BCUT2D eigenvalue weighted by Gasteiger charge is 2.09. The molecule has 0 saturated heterocycles. The van der Waals surface area contributed by atoms with Crippen molar-refractivity contribution >= 4 is 12.0 Å². The van der Waals surface area contributed by atoms with E-state index in [1.54, 1.807) is 0 Å². The van der Waals surface area contributed by atoms with Gasteiger partial charge in [-0.3, -0.25) is 4.79 Å². The molecule has 0 aliphatic heterocycles. The monoisotopic (exact) mass is 164 g/mol. The molecule has 3 heteroatoms. The summed E-state index contributed by atoms with van der Waals surface area (Å²) in [5, 5.41) is 0. The standard InChI is InChI=1S/C9H12N2O/c10-11-7-9(12)6-8-4-2-1-3-5-8/h4,7H,1-3,5-6H2. The summed E-state index contributed by atoms with van der Waals surface area (Å²) in [6, 6.07) is 0. The molecule has 0 amide bonds. The highest BCUT2D eigenvalue weighted by molar-refractivity contribution is 6.25. The van der Waals surface area contributed by atoms with Gasteiger partial charge in [-0.1, -0.05) is 11.6 Å². The molecule has 0 aromatic carbocycles. The average Bonchev–Trinajstić information content (AvgIpc) is 2.06. The molecule has 0 saturated carbocycles. The van der Waals surface area contributed by atoms with Crippen LogP contribution in [0.3, 0.4) is 0 Å². The first-order chi connectivity index (χ1) is 5.83. The second-order valence-corrected chi connectivity index (χ2v) is 3.00. The van der Waals surface area contributed by atoms with E-state index in [4.69, 9.17) is 5.53 Å². The maximum absolute atomic E-state index is 11.0. The van der Waals surface area contributed by atoms with Gasteiger partial charge in [-0.2, -0.15) is 4.79 Å². The maximum atomic E-state index is 11.0. The van der Waals surface area contributed by atoms with Gasteiger partial charge in [0, 0.05) is 6.42 Å². The van der Waals surface area contributed by atoms with Gasteiger partial charge < -0.3 is 5.53 Å². The van der Waals surface area contributed by atoms with E-state index >= 15 is 0 Å². The predicted molar refractivity (Wildman–Crippen MR) is 45.9 cm³/mol. The first kappa shape index (κ1) is 8.88. The van der Waals surface area contributed by atoms with E-state index in [0.717, 1.165) is 19.1 Å². The lowest BCUT2D eigenvalue weighted by Crippen LogP contribution is -2.03. The van der Waals surface area contributed by atoms with Gasteiger partial charge in [0.2, 0.25) is 5.78 Å². The Morgan fingerprint density at radius 1 is 1.67 bits per heavy atom. The van der Waals surface area contributed by atoms with Crippen LogP contribution in [0, 0.1) is 0 Å². The van der Waals surface area contributed by atoms with Crippen molar-refractivity contribution in [2.24, 2.45) is 0 Å². The van der Waals surface area contributed by atoms with Crippen molar-refractivity contribution in [2.45, 2.75) is 32.1 Å². The molecule has 0 aromatic heterocycles. The summed E-state index contributed by atoms with van der Waals surface area (Å²) in [5.74, 6) is -0.120. The van der Waals surface area contributed by atoms with Gasteiger partial charge in [0.05, 0.1) is 0 Å². The van der Waals surface area contributed by atoms with Crippen LogP contribution in [0.15, 0.2) is 11.6 Å². The third kappa shape index (κ3) is 2.81. The van der Waals surface area contributed by atoms with Gasteiger partial charge >= 0.3 is 6.21 Å². The average molecular weight is 164 g/mol. The molecule has 0 atom stereocenters. The van der Waals surface area contributed by atoms with Crippen molar-refractivity contribution in [3.63, 3.8) is 0 Å². The van der Waals surface area contributed by atoms with Crippen molar-refractivity contribution in [3.05, 3.63) is 17.2 Å². The molecule has 1 aliphatic rings. The minimum Gasteiger partial charge on any atom is -0.361 e. The molecule has 0 heterocycles. The van der Waals surface area contributed by atoms with Crippen LogP contribution in [0.25, 0.3) is 5.53 Å². The Kier molecular flexibility index (Phi) is 3.42. The minimum atomic E-state index is -0.120. The number of allylic oxidation sites excluding steroid dienone is 2. The zero-order valence-electron chi connectivity index (χ0n) is 6.99. The number of nitrogens with zero attached hydrogens (tertiary/aromatic N) is 2. The van der Waals surface area contributed by atoms with Crippen LogP contribution in [0.4, 0.5) is 0 Å². The van der Waals surface area contributed by atoms with Crippen LogP contribution in [-0.4, -0.2) is 16.8 Å². The molecule has 12 heavy (non-hydrogen) atoms. The number of carbonyl (C=O) groups excluding carboxylic acids is 1. The van der Waals surface area contributed by atoms with Crippen LogP contribution in [0.1, 0.15) is 32.1 Å². The van der Waals surface area contributed by atoms with Crippen LogP contribution in [0.5, 0.6) is 0 Å². The fraction of sp³-hybridized carbons (Fsp3) is 0.556. The molecular weight excluding hydrogens is 152 g/mol. The van der Waals surface area contributed by atoms with Gasteiger partial charge in [0.15, 0.2) is 0 Å². The van der Waals surface area contributed by atoms with Crippen molar-refractivity contribution in [1.29, 1.82) is 0 Å². The van der Waals surface area contributed by atoms with Crippen molar-refractivity contribution < 1.29 is 9.58 Å². The lowest BCUT2D eigenvalue weighted by molar-refractivity contribution is -0.115. The van der Waals surface area contributed by atoms with E-state index < -0.39 is 0 Å². The fourth-order valence-electron chi connectivity index (χ4n) is 1.40. The Morgan fingerprint density at radius 2 is 2.50 bits per heavy atom. The third-order valence-electron chi connectivity index (χ3n) is 1.99. The molecule has 1 rings (SSSR count). The number of Topliss-reactive ketones (excluding diaryl/α,β-unsaturated/α-hetero) is 1. The number of rotatable bonds is 3. The summed E-state index contributed by atoms with van der Waals surface area (Å²) < 4.78 is 0. The summed E-state index contributed by atoms with van der Waals surface area (Å²) in [4.78, 5) is 13.7. The zero-order valence-corrected chi connectivity index (χ0v) is 6.99. The molecule has 0 unspecified atom stereocenters. The summed E-state index contributed by atoms with van der Waals surface area (Å²) >= 11 is 0. The molecule has 0 N–H and O–H groups in total. The Bertz CT molecular complexity index is 249. The number of carbonyl (C=O) groups is 1. The number of hydrogen-bond donors (Lipinski definition) is 0. The van der Waals surface area contributed by atoms with Gasteiger partial charge in [-0.05, 0) is 25.7 Å². The summed E-state index contributed by atoms with van der Waals surface area (Å²) in [7, 11) is 0. The van der Waals surface area contributed by atoms with Crippen LogP contribution in [0.2, 0.25) is 0 Å². The molecule has 0 fully saturated rings.